The number of rotatable bonds is 7. The van der Waals surface area contributed by atoms with Crippen LogP contribution in [-0.2, 0) is 9.59 Å². The summed E-state index contributed by atoms with van der Waals surface area (Å²) in [6.45, 7) is 7.09. The van der Waals surface area contributed by atoms with Crippen molar-refractivity contribution in [2.24, 2.45) is 11.5 Å². The molecular weight excluding hydrogens is 276 g/mol. The summed E-state index contributed by atoms with van der Waals surface area (Å²) in [5, 5.41) is 11.6. The largest absolute Gasteiger partial charge is 0.465 e. The average molecular weight is 302 g/mol. The van der Waals surface area contributed by atoms with Crippen LogP contribution in [0.3, 0.4) is 0 Å². The van der Waals surface area contributed by atoms with Gasteiger partial charge in [-0.2, -0.15) is 0 Å². The van der Waals surface area contributed by atoms with Crippen molar-refractivity contribution in [3.63, 3.8) is 0 Å². The number of carboxylic acid groups (broad SMARTS) is 1. The van der Waals surface area contributed by atoms with Crippen LogP contribution >= 0.6 is 0 Å². The molecule has 3 amide bonds. The summed E-state index contributed by atoms with van der Waals surface area (Å²) in [4.78, 5) is 35.2. The van der Waals surface area contributed by atoms with Crippen molar-refractivity contribution in [1.29, 1.82) is 0 Å². The highest BCUT2D eigenvalue weighted by molar-refractivity contribution is 5.88. The van der Waals surface area contributed by atoms with Gasteiger partial charge in [0.25, 0.3) is 0 Å². The van der Waals surface area contributed by atoms with Crippen molar-refractivity contribution in [1.82, 2.24) is 10.2 Å². The smallest absolute Gasteiger partial charge is 0.407 e. The van der Waals surface area contributed by atoms with E-state index < -0.39 is 35.5 Å². The molecule has 6 N–H and O–H groups in total. The molecule has 122 valence electrons. The molecule has 0 aliphatic carbocycles. The van der Waals surface area contributed by atoms with Crippen molar-refractivity contribution in [3.05, 3.63) is 0 Å². The summed E-state index contributed by atoms with van der Waals surface area (Å²) in [6, 6.07) is -1.59. The maximum absolute atomic E-state index is 11.5. The number of carbonyl (C=O) groups excluding carboxylic acids is 2. The van der Waals surface area contributed by atoms with Crippen molar-refractivity contribution >= 4 is 17.9 Å². The lowest BCUT2D eigenvalue weighted by atomic mass is 10.0. The Balaban J connectivity index is 4.54. The maximum Gasteiger partial charge on any atom is 0.407 e. The molecule has 8 heteroatoms. The van der Waals surface area contributed by atoms with E-state index in [0.717, 1.165) is 0 Å². The van der Waals surface area contributed by atoms with Gasteiger partial charge in [-0.3, -0.25) is 9.59 Å². The summed E-state index contributed by atoms with van der Waals surface area (Å²) in [5.74, 6) is -1.13. The van der Waals surface area contributed by atoms with Gasteiger partial charge in [-0.1, -0.05) is 0 Å². The third-order valence-electron chi connectivity index (χ3n) is 2.99. The lowest BCUT2D eigenvalue weighted by Gasteiger charge is -2.33. The maximum atomic E-state index is 11.5. The van der Waals surface area contributed by atoms with Gasteiger partial charge in [0.15, 0.2) is 0 Å². The standard InChI is InChI=1S/C13H26N4O4/c1-8(14)11(19)16-9(10(15)18)6-5-7-17(12(20)21)13(2,3)4/h8-9H,5-7,14H2,1-4H3,(H2,15,18)(H,16,19)(H,20,21)/t8-,9-/m0/s1. The molecule has 0 saturated heterocycles. The predicted octanol–water partition coefficient (Wildman–Crippen LogP) is -0.138. The van der Waals surface area contributed by atoms with E-state index in [4.69, 9.17) is 16.6 Å². The van der Waals surface area contributed by atoms with Crippen LogP contribution in [0.1, 0.15) is 40.5 Å². The molecule has 0 bridgehead atoms. The van der Waals surface area contributed by atoms with Gasteiger partial charge < -0.3 is 26.8 Å². The number of amides is 3. The predicted molar refractivity (Wildman–Crippen MR) is 78.5 cm³/mol. The fourth-order valence-corrected chi connectivity index (χ4v) is 1.76. The van der Waals surface area contributed by atoms with E-state index in [1.54, 1.807) is 20.8 Å². The first-order valence-corrected chi connectivity index (χ1v) is 6.82. The van der Waals surface area contributed by atoms with Crippen LogP contribution < -0.4 is 16.8 Å². The minimum Gasteiger partial charge on any atom is -0.465 e. The van der Waals surface area contributed by atoms with E-state index in [9.17, 15) is 14.4 Å². The van der Waals surface area contributed by atoms with Crippen LogP contribution in [0.15, 0.2) is 0 Å². The van der Waals surface area contributed by atoms with Gasteiger partial charge in [0.1, 0.15) is 6.04 Å². The van der Waals surface area contributed by atoms with E-state index in [-0.39, 0.29) is 13.0 Å². The number of carbonyl (C=O) groups is 3. The molecule has 0 aromatic heterocycles. The molecule has 0 aromatic carbocycles. The fraction of sp³-hybridized carbons (Fsp3) is 0.769. The molecule has 0 spiro atoms. The minimum atomic E-state index is -1.03. The zero-order chi connectivity index (χ0) is 16.8. The molecule has 21 heavy (non-hydrogen) atoms. The van der Waals surface area contributed by atoms with Crippen molar-refractivity contribution in [2.75, 3.05) is 6.54 Å². The third kappa shape index (κ3) is 6.94. The summed E-state index contributed by atoms with van der Waals surface area (Å²) in [7, 11) is 0. The lowest BCUT2D eigenvalue weighted by molar-refractivity contribution is -0.128. The number of nitrogens with one attached hydrogen (secondary N) is 1. The molecule has 0 aromatic rings. The van der Waals surface area contributed by atoms with Crippen LogP contribution in [0.2, 0.25) is 0 Å². The van der Waals surface area contributed by atoms with Gasteiger partial charge in [-0.15, -0.1) is 0 Å². The number of hydrogen-bond acceptors (Lipinski definition) is 4. The lowest BCUT2D eigenvalue weighted by Crippen LogP contribution is -2.50. The molecule has 0 radical (unpaired) electrons. The van der Waals surface area contributed by atoms with Crippen LogP contribution in [0, 0.1) is 0 Å². The van der Waals surface area contributed by atoms with Gasteiger partial charge in [0, 0.05) is 12.1 Å². The highest BCUT2D eigenvalue weighted by Crippen LogP contribution is 2.14. The number of hydrogen-bond donors (Lipinski definition) is 4. The topological polar surface area (TPSA) is 139 Å². The molecular formula is C13H26N4O4. The van der Waals surface area contributed by atoms with Crippen LogP contribution in [0.25, 0.3) is 0 Å². The van der Waals surface area contributed by atoms with Crippen molar-refractivity contribution in [3.8, 4) is 0 Å². The summed E-state index contributed by atoms with van der Waals surface area (Å²) >= 11 is 0. The zero-order valence-corrected chi connectivity index (χ0v) is 13.0. The van der Waals surface area contributed by atoms with Gasteiger partial charge in [0.05, 0.1) is 6.04 Å². The van der Waals surface area contributed by atoms with Crippen LogP contribution in [0.5, 0.6) is 0 Å². The Morgan fingerprint density at radius 2 is 1.81 bits per heavy atom. The highest BCUT2D eigenvalue weighted by Gasteiger charge is 2.26. The molecule has 0 heterocycles. The second-order valence-corrected chi connectivity index (χ2v) is 6.00. The van der Waals surface area contributed by atoms with E-state index >= 15 is 0 Å². The Morgan fingerprint density at radius 3 is 2.14 bits per heavy atom. The second kappa shape index (κ2) is 7.82. The first kappa shape index (κ1) is 19.2. The average Bonchev–Trinajstić information content (AvgIpc) is 2.29. The van der Waals surface area contributed by atoms with Gasteiger partial charge in [0.2, 0.25) is 11.8 Å². The SMILES string of the molecule is C[C@H](N)C(=O)N[C@@H](CCCN(C(=O)O)C(C)(C)C)C(N)=O. The summed E-state index contributed by atoms with van der Waals surface area (Å²) < 4.78 is 0. The molecule has 0 saturated carbocycles. The summed E-state index contributed by atoms with van der Waals surface area (Å²) in [6.07, 6.45) is -0.373. The quantitative estimate of drug-likeness (QED) is 0.518. The number of nitrogens with zero attached hydrogens (tertiary/aromatic N) is 1. The Bertz CT molecular complexity index is 390. The Morgan fingerprint density at radius 1 is 1.29 bits per heavy atom. The third-order valence-corrected chi connectivity index (χ3v) is 2.99. The second-order valence-electron chi connectivity index (χ2n) is 6.00. The molecule has 0 aliphatic rings. The Labute approximate surface area is 124 Å². The number of primary amides is 1. The molecule has 8 nitrogen and oxygen atoms in total. The Kier molecular flexibility index (Phi) is 7.14. The Hall–Kier alpha value is -1.83. The van der Waals surface area contributed by atoms with Gasteiger partial charge >= 0.3 is 6.09 Å². The van der Waals surface area contributed by atoms with Gasteiger partial charge in [-0.05, 0) is 40.5 Å². The van der Waals surface area contributed by atoms with E-state index in [0.29, 0.717) is 6.42 Å². The van der Waals surface area contributed by atoms with E-state index in [1.165, 1.54) is 11.8 Å². The zero-order valence-electron chi connectivity index (χ0n) is 13.0. The van der Waals surface area contributed by atoms with Crippen molar-refractivity contribution < 1.29 is 19.5 Å². The first-order chi connectivity index (χ1) is 9.46. The molecule has 2 atom stereocenters. The van der Waals surface area contributed by atoms with Crippen molar-refractivity contribution in [2.45, 2.75) is 58.2 Å². The van der Waals surface area contributed by atoms with Crippen LogP contribution in [0.4, 0.5) is 4.79 Å². The number of nitrogens with two attached hydrogens (primary N) is 2. The van der Waals surface area contributed by atoms with Crippen LogP contribution in [-0.4, -0.2) is 52.1 Å². The van der Waals surface area contributed by atoms with Gasteiger partial charge in [-0.25, -0.2) is 4.79 Å². The molecule has 0 unspecified atom stereocenters. The fourth-order valence-electron chi connectivity index (χ4n) is 1.76. The van der Waals surface area contributed by atoms with E-state index in [1.807, 2.05) is 0 Å². The van der Waals surface area contributed by atoms with E-state index in [2.05, 4.69) is 5.32 Å². The normalized spacial score (nSPS) is 14.1. The highest BCUT2D eigenvalue weighted by atomic mass is 16.4. The first-order valence-electron chi connectivity index (χ1n) is 6.82. The molecule has 0 aliphatic heterocycles. The molecule has 0 fully saturated rings. The minimum absolute atomic E-state index is 0.247. The molecule has 0 rings (SSSR count). The summed E-state index contributed by atoms with van der Waals surface area (Å²) in [5.41, 5.74) is 10.1. The monoisotopic (exact) mass is 302 g/mol.